The molecule has 0 N–H and O–H groups in total. The molecule has 0 heteroatoms. The summed E-state index contributed by atoms with van der Waals surface area (Å²) in [5.41, 5.74) is 18.4. The Morgan fingerprint density at radius 3 is 1.69 bits per heavy atom. The van der Waals surface area contributed by atoms with Gasteiger partial charge in [0.15, 0.2) is 0 Å². The van der Waals surface area contributed by atoms with Gasteiger partial charge < -0.3 is 0 Å². The molecule has 1 aliphatic carbocycles. The summed E-state index contributed by atoms with van der Waals surface area (Å²) in [6, 6.07) is 63.9. The molecule has 9 aromatic carbocycles. The van der Waals surface area contributed by atoms with Gasteiger partial charge in [0.1, 0.15) is 0 Å². The van der Waals surface area contributed by atoms with Crippen molar-refractivity contribution in [3.63, 3.8) is 0 Å². The van der Waals surface area contributed by atoms with Gasteiger partial charge in [-0.25, -0.2) is 0 Å². The second-order valence-corrected chi connectivity index (χ2v) is 16.0. The summed E-state index contributed by atoms with van der Waals surface area (Å²) in [7, 11) is 0. The molecule has 55 heavy (non-hydrogen) atoms. The SMILES string of the molecule is CCCc1ccccc1-c1cc(-c2c3ccccc3c(-c3cccc(-c4ccc5c(c4)-c4ccc6ccccc6c4C5(C)C)c3)c3ccccc23)ccc1C. The van der Waals surface area contributed by atoms with E-state index in [9.17, 15) is 0 Å². The van der Waals surface area contributed by atoms with Crippen LogP contribution in [0.2, 0.25) is 0 Å². The molecule has 1 aliphatic rings. The highest BCUT2D eigenvalue weighted by molar-refractivity contribution is 6.21. The Morgan fingerprint density at radius 1 is 0.418 bits per heavy atom. The highest BCUT2D eigenvalue weighted by Crippen LogP contribution is 2.52. The van der Waals surface area contributed by atoms with E-state index >= 15 is 0 Å². The van der Waals surface area contributed by atoms with E-state index in [2.05, 4.69) is 198 Å². The lowest BCUT2D eigenvalue weighted by atomic mass is 9.80. The molecule has 0 nitrogen and oxygen atoms in total. The molecule has 0 amide bonds. The Kier molecular flexibility index (Phi) is 7.86. The Balaban J connectivity index is 1.14. The smallest absolute Gasteiger partial charge is 0.0165 e. The van der Waals surface area contributed by atoms with Crippen LogP contribution in [0, 0.1) is 6.92 Å². The zero-order chi connectivity index (χ0) is 37.3. The summed E-state index contributed by atoms with van der Waals surface area (Å²) < 4.78 is 0. The maximum atomic E-state index is 2.44. The van der Waals surface area contributed by atoms with E-state index < -0.39 is 0 Å². The summed E-state index contributed by atoms with van der Waals surface area (Å²) in [5.74, 6) is 0. The first-order valence-electron chi connectivity index (χ1n) is 19.8. The van der Waals surface area contributed by atoms with Crippen LogP contribution in [-0.2, 0) is 11.8 Å². The van der Waals surface area contributed by atoms with E-state index in [1.807, 2.05) is 0 Å². The van der Waals surface area contributed by atoms with E-state index in [1.54, 1.807) is 0 Å². The summed E-state index contributed by atoms with van der Waals surface area (Å²) in [5, 5.41) is 7.77. The molecule has 0 heterocycles. The van der Waals surface area contributed by atoms with Gasteiger partial charge in [0, 0.05) is 5.41 Å². The van der Waals surface area contributed by atoms with Crippen molar-refractivity contribution in [2.24, 2.45) is 0 Å². The van der Waals surface area contributed by atoms with Crippen molar-refractivity contribution in [2.45, 2.75) is 46.0 Å². The minimum atomic E-state index is -0.0669. The normalized spacial score (nSPS) is 13.0. The zero-order valence-electron chi connectivity index (χ0n) is 32.1. The van der Waals surface area contributed by atoms with E-state index in [4.69, 9.17) is 0 Å². The van der Waals surface area contributed by atoms with Gasteiger partial charge in [-0.2, -0.15) is 0 Å². The molecule has 0 unspecified atom stereocenters. The molecule has 0 saturated heterocycles. The maximum absolute atomic E-state index is 2.44. The van der Waals surface area contributed by atoms with Crippen LogP contribution < -0.4 is 0 Å². The second kappa shape index (κ2) is 13.0. The van der Waals surface area contributed by atoms with Crippen molar-refractivity contribution in [1.82, 2.24) is 0 Å². The van der Waals surface area contributed by atoms with Crippen molar-refractivity contribution in [1.29, 1.82) is 0 Å². The lowest BCUT2D eigenvalue weighted by Gasteiger charge is -2.23. The fourth-order valence-electron chi connectivity index (χ4n) is 9.74. The van der Waals surface area contributed by atoms with Crippen LogP contribution in [0.4, 0.5) is 0 Å². The minimum Gasteiger partial charge on any atom is -0.0651 e. The highest BCUT2D eigenvalue weighted by Gasteiger charge is 2.37. The minimum absolute atomic E-state index is 0.0669. The largest absolute Gasteiger partial charge is 0.0651 e. The van der Waals surface area contributed by atoms with Gasteiger partial charge in [0.2, 0.25) is 0 Å². The molecule has 0 radical (unpaired) electrons. The molecule has 0 bridgehead atoms. The Hall–Kier alpha value is -6.24. The number of aryl methyl sites for hydroxylation is 2. The maximum Gasteiger partial charge on any atom is 0.0165 e. The number of rotatable bonds is 6. The molecule has 9 aromatic rings. The van der Waals surface area contributed by atoms with Crippen LogP contribution in [-0.4, -0.2) is 0 Å². The molecule has 10 rings (SSSR count). The highest BCUT2D eigenvalue weighted by atomic mass is 14.4. The second-order valence-electron chi connectivity index (χ2n) is 16.0. The molecule has 0 aliphatic heterocycles. The van der Waals surface area contributed by atoms with Crippen LogP contribution >= 0.6 is 0 Å². The van der Waals surface area contributed by atoms with Crippen LogP contribution in [0.5, 0.6) is 0 Å². The number of hydrogen-bond acceptors (Lipinski definition) is 0. The third-order valence-electron chi connectivity index (χ3n) is 12.3. The van der Waals surface area contributed by atoms with Crippen LogP contribution in [0.3, 0.4) is 0 Å². The fraction of sp³-hybridized carbons (Fsp3) is 0.127. The van der Waals surface area contributed by atoms with Crippen molar-refractivity contribution in [2.75, 3.05) is 0 Å². The van der Waals surface area contributed by atoms with E-state index in [0.717, 1.165) is 12.8 Å². The van der Waals surface area contributed by atoms with Gasteiger partial charge >= 0.3 is 0 Å². The van der Waals surface area contributed by atoms with E-state index in [1.165, 1.54) is 110 Å². The summed E-state index contributed by atoms with van der Waals surface area (Å²) in [4.78, 5) is 0. The summed E-state index contributed by atoms with van der Waals surface area (Å²) in [6.07, 6.45) is 2.21. The molecule has 0 spiro atoms. The predicted octanol–water partition coefficient (Wildman–Crippen LogP) is 15.4. The van der Waals surface area contributed by atoms with Crippen molar-refractivity contribution in [3.05, 3.63) is 192 Å². The summed E-state index contributed by atoms with van der Waals surface area (Å²) in [6.45, 7) is 9.28. The van der Waals surface area contributed by atoms with Gasteiger partial charge in [-0.15, -0.1) is 0 Å². The Morgan fingerprint density at radius 2 is 0.982 bits per heavy atom. The van der Waals surface area contributed by atoms with Gasteiger partial charge in [0.25, 0.3) is 0 Å². The molecular formula is C55H44. The quantitative estimate of drug-likeness (QED) is 0.151. The van der Waals surface area contributed by atoms with Gasteiger partial charge in [-0.3, -0.25) is 0 Å². The number of hydrogen-bond donors (Lipinski definition) is 0. The van der Waals surface area contributed by atoms with Gasteiger partial charge in [-0.1, -0.05) is 179 Å². The molecule has 264 valence electrons. The number of fused-ring (bicyclic) bond motifs is 7. The van der Waals surface area contributed by atoms with Crippen LogP contribution in [0.15, 0.2) is 170 Å². The molecule has 0 saturated carbocycles. The standard InChI is InChI=1S/C55H44/c1-5-15-36-16-6-8-20-42(36)49-34-41(27-26-35(49)2)53-46-24-12-10-22-44(46)52(45-23-11-13-25-47(45)53)40-19-14-18-38(32-40)39-29-31-51-50(33-39)48-30-28-37-17-7-9-21-43(37)54(48)55(51,3)4/h6-14,16-34H,5,15H2,1-4H3. The fourth-order valence-corrected chi connectivity index (χ4v) is 9.74. The molecule has 0 atom stereocenters. The van der Waals surface area contributed by atoms with Gasteiger partial charge in [-0.05, 0) is 142 Å². The molecule has 0 aromatic heterocycles. The van der Waals surface area contributed by atoms with Crippen LogP contribution in [0.25, 0.3) is 88.0 Å². The first-order valence-corrected chi connectivity index (χ1v) is 19.8. The zero-order valence-corrected chi connectivity index (χ0v) is 32.1. The van der Waals surface area contributed by atoms with Crippen molar-refractivity contribution in [3.8, 4) is 55.6 Å². The number of benzene rings is 9. The lowest BCUT2D eigenvalue weighted by Crippen LogP contribution is -2.15. The lowest BCUT2D eigenvalue weighted by molar-refractivity contribution is 0.666. The monoisotopic (exact) mass is 704 g/mol. The summed E-state index contributed by atoms with van der Waals surface area (Å²) >= 11 is 0. The third kappa shape index (κ3) is 5.27. The van der Waals surface area contributed by atoms with Gasteiger partial charge in [0.05, 0.1) is 0 Å². The topological polar surface area (TPSA) is 0 Å². The average molecular weight is 705 g/mol. The average Bonchev–Trinajstić information content (AvgIpc) is 3.46. The first-order chi connectivity index (χ1) is 26.9. The van der Waals surface area contributed by atoms with Crippen molar-refractivity contribution < 1.29 is 0 Å². The molecule has 0 fully saturated rings. The van der Waals surface area contributed by atoms with E-state index in [-0.39, 0.29) is 5.41 Å². The van der Waals surface area contributed by atoms with Crippen molar-refractivity contribution >= 4 is 32.3 Å². The van der Waals surface area contributed by atoms with Crippen LogP contribution in [0.1, 0.15) is 49.4 Å². The first kappa shape index (κ1) is 33.3. The van der Waals surface area contributed by atoms with E-state index in [0.29, 0.717) is 0 Å². The Bertz CT molecular complexity index is 2920. The molecular weight excluding hydrogens is 661 g/mol. The predicted molar refractivity (Wildman–Crippen MR) is 237 cm³/mol. The third-order valence-corrected chi connectivity index (χ3v) is 12.3. The Labute approximate surface area is 324 Å².